The standard InChI is InChI=1S/C13H17NO/c1-15-11-3-2-10-4-7-14-9-13(5-6-13)12(10)8-11/h2-3,8,14H,4-7,9H2,1H3. The molecule has 1 heterocycles. The molecule has 0 bridgehead atoms. The van der Waals surface area contributed by atoms with Crippen molar-refractivity contribution in [3.05, 3.63) is 29.3 Å². The van der Waals surface area contributed by atoms with Gasteiger partial charge in [-0.25, -0.2) is 0 Å². The van der Waals surface area contributed by atoms with E-state index in [0.29, 0.717) is 5.41 Å². The second kappa shape index (κ2) is 3.24. The average molecular weight is 203 g/mol. The summed E-state index contributed by atoms with van der Waals surface area (Å²) in [6, 6.07) is 6.57. The molecule has 0 radical (unpaired) electrons. The second-order valence-electron chi connectivity index (χ2n) is 4.73. The summed E-state index contributed by atoms with van der Waals surface area (Å²) in [6.07, 6.45) is 3.82. The number of methoxy groups -OCH3 is 1. The van der Waals surface area contributed by atoms with Crippen LogP contribution in [0.5, 0.6) is 5.75 Å². The number of hydrogen-bond donors (Lipinski definition) is 1. The van der Waals surface area contributed by atoms with E-state index < -0.39 is 0 Å². The van der Waals surface area contributed by atoms with Gasteiger partial charge in [-0.1, -0.05) is 6.07 Å². The smallest absolute Gasteiger partial charge is 0.119 e. The summed E-state index contributed by atoms with van der Waals surface area (Å²) < 4.78 is 5.32. The lowest BCUT2D eigenvalue weighted by atomic mass is 9.91. The number of ether oxygens (including phenoxy) is 1. The van der Waals surface area contributed by atoms with Gasteiger partial charge in [0.05, 0.1) is 7.11 Å². The maximum atomic E-state index is 5.32. The molecule has 1 spiro atoms. The van der Waals surface area contributed by atoms with Gasteiger partial charge in [0.2, 0.25) is 0 Å². The maximum Gasteiger partial charge on any atom is 0.119 e. The Kier molecular flexibility index (Phi) is 1.99. The van der Waals surface area contributed by atoms with Crippen molar-refractivity contribution in [1.82, 2.24) is 5.32 Å². The minimum atomic E-state index is 0.445. The minimum Gasteiger partial charge on any atom is -0.497 e. The fraction of sp³-hybridized carbons (Fsp3) is 0.538. The number of nitrogens with one attached hydrogen (secondary N) is 1. The van der Waals surface area contributed by atoms with Gasteiger partial charge in [-0.3, -0.25) is 0 Å². The van der Waals surface area contributed by atoms with E-state index in [-0.39, 0.29) is 0 Å². The van der Waals surface area contributed by atoms with Gasteiger partial charge in [0, 0.05) is 12.0 Å². The molecule has 3 rings (SSSR count). The molecule has 1 aromatic carbocycles. The van der Waals surface area contributed by atoms with E-state index in [2.05, 4.69) is 23.5 Å². The molecule has 0 aromatic heterocycles. The molecule has 2 aliphatic rings. The van der Waals surface area contributed by atoms with E-state index in [1.165, 1.54) is 24.0 Å². The normalized spacial score (nSPS) is 21.9. The molecule has 0 saturated heterocycles. The van der Waals surface area contributed by atoms with E-state index in [9.17, 15) is 0 Å². The summed E-state index contributed by atoms with van der Waals surface area (Å²) in [4.78, 5) is 0. The Morgan fingerprint density at radius 1 is 1.33 bits per heavy atom. The van der Waals surface area contributed by atoms with Gasteiger partial charge < -0.3 is 10.1 Å². The topological polar surface area (TPSA) is 21.3 Å². The van der Waals surface area contributed by atoms with Crippen molar-refractivity contribution in [1.29, 1.82) is 0 Å². The van der Waals surface area contributed by atoms with Crippen LogP contribution in [-0.4, -0.2) is 20.2 Å². The van der Waals surface area contributed by atoms with Crippen LogP contribution in [0.2, 0.25) is 0 Å². The van der Waals surface area contributed by atoms with E-state index >= 15 is 0 Å². The molecule has 2 nitrogen and oxygen atoms in total. The lowest BCUT2D eigenvalue weighted by Crippen LogP contribution is -2.24. The molecule has 0 amide bonds. The molecule has 1 saturated carbocycles. The highest BCUT2D eigenvalue weighted by Gasteiger charge is 2.45. The van der Waals surface area contributed by atoms with Gasteiger partial charge in [0.15, 0.2) is 0 Å². The van der Waals surface area contributed by atoms with Crippen molar-refractivity contribution in [3.8, 4) is 5.75 Å². The molecule has 1 aliphatic heterocycles. The molecule has 1 N–H and O–H groups in total. The predicted molar refractivity (Wildman–Crippen MR) is 60.5 cm³/mol. The van der Waals surface area contributed by atoms with E-state index in [0.717, 1.165) is 25.3 Å². The third kappa shape index (κ3) is 1.44. The zero-order valence-electron chi connectivity index (χ0n) is 9.18. The molecule has 1 aliphatic carbocycles. The lowest BCUT2D eigenvalue weighted by Gasteiger charge is -2.16. The molecule has 15 heavy (non-hydrogen) atoms. The van der Waals surface area contributed by atoms with Crippen LogP contribution in [0.25, 0.3) is 0 Å². The summed E-state index contributed by atoms with van der Waals surface area (Å²) >= 11 is 0. The van der Waals surface area contributed by atoms with Crippen LogP contribution in [0.4, 0.5) is 0 Å². The largest absolute Gasteiger partial charge is 0.497 e. The predicted octanol–water partition coefficient (Wildman–Crippen LogP) is 1.87. The van der Waals surface area contributed by atoms with Crippen LogP contribution in [0.1, 0.15) is 24.0 Å². The van der Waals surface area contributed by atoms with Gasteiger partial charge in [0.1, 0.15) is 5.75 Å². The van der Waals surface area contributed by atoms with Gasteiger partial charge in [-0.15, -0.1) is 0 Å². The summed E-state index contributed by atoms with van der Waals surface area (Å²) in [7, 11) is 1.75. The molecule has 2 heteroatoms. The number of hydrogen-bond acceptors (Lipinski definition) is 2. The first kappa shape index (κ1) is 9.22. The highest BCUT2D eigenvalue weighted by molar-refractivity contribution is 5.45. The van der Waals surface area contributed by atoms with Crippen LogP contribution in [-0.2, 0) is 11.8 Å². The van der Waals surface area contributed by atoms with Crippen molar-refractivity contribution in [2.24, 2.45) is 0 Å². The van der Waals surface area contributed by atoms with E-state index in [1.807, 2.05) is 0 Å². The van der Waals surface area contributed by atoms with Crippen LogP contribution in [0.3, 0.4) is 0 Å². The average Bonchev–Trinajstić information content (AvgIpc) is 3.07. The zero-order valence-corrected chi connectivity index (χ0v) is 9.18. The first-order valence-corrected chi connectivity index (χ1v) is 5.72. The first-order chi connectivity index (χ1) is 7.34. The zero-order chi connectivity index (χ0) is 10.3. The fourth-order valence-electron chi connectivity index (χ4n) is 2.64. The van der Waals surface area contributed by atoms with E-state index in [4.69, 9.17) is 4.74 Å². The Hall–Kier alpha value is -1.02. The molecule has 0 atom stereocenters. The fourth-order valence-corrected chi connectivity index (χ4v) is 2.64. The van der Waals surface area contributed by atoms with Crippen LogP contribution in [0.15, 0.2) is 18.2 Å². The van der Waals surface area contributed by atoms with Gasteiger partial charge >= 0.3 is 0 Å². The Labute approximate surface area is 90.6 Å². The summed E-state index contributed by atoms with van der Waals surface area (Å²) in [5.41, 5.74) is 3.49. The van der Waals surface area contributed by atoms with Gasteiger partial charge in [-0.2, -0.15) is 0 Å². The third-order valence-electron chi connectivity index (χ3n) is 3.78. The highest BCUT2D eigenvalue weighted by Crippen LogP contribution is 2.50. The Balaban J connectivity index is 2.08. The van der Waals surface area contributed by atoms with Crippen molar-refractivity contribution < 1.29 is 4.74 Å². The quantitative estimate of drug-likeness (QED) is 0.752. The Morgan fingerprint density at radius 3 is 2.93 bits per heavy atom. The second-order valence-corrected chi connectivity index (χ2v) is 4.73. The van der Waals surface area contributed by atoms with Gasteiger partial charge in [-0.05, 0) is 49.1 Å². The van der Waals surface area contributed by atoms with Crippen molar-refractivity contribution in [3.63, 3.8) is 0 Å². The van der Waals surface area contributed by atoms with Gasteiger partial charge in [0.25, 0.3) is 0 Å². The first-order valence-electron chi connectivity index (χ1n) is 5.72. The molecule has 80 valence electrons. The molecular weight excluding hydrogens is 186 g/mol. The third-order valence-corrected chi connectivity index (χ3v) is 3.78. The molecule has 1 fully saturated rings. The summed E-state index contributed by atoms with van der Waals surface area (Å²) in [6.45, 7) is 2.26. The lowest BCUT2D eigenvalue weighted by molar-refractivity contribution is 0.413. The SMILES string of the molecule is COc1ccc2c(c1)C1(CC1)CNCC2. The Morgan fingerprint density at radius 2 is 2.20 bits per heavy atom. The summed E-state index contributed by atoms with van der Waals surface area (Å²) in [5, 5.41) is 3.54. The van der Waals surface area contributed by atoms with Crippen molar-refractivity contribution in [2.75, 3.05) is 20.2 Å². The van der Waals surface area contributed by atoms with Crippen molar-refractivity contribution >= 4 is 0 Å². The number of rotatable bonds is 1. The number of fused-ring (bicyclic) bond motifs is 2. The maximum absolute atomic E-state index is 5.32. The molecular formula is C13H17NO. The summed E-state index contributed by atoms with van der Waals surface area (Å²) in [5.74, 6) is 1.00. The Bertz CT molecular complexity index is 382. The van der Waals surface area contributed by atoms with Crippen LogP contribution < -0.4 is 10.1 Å². The van der Waals surface area contributed by atoms with Crippen LogP contribution in [0, 0.1) is 0 Å². The van der Waals surface area contributed by atoms with Crippen molar-refractivity contribution in [2.45, 2.75) is 24.7 Å². The molecule has 1 aromatic rings. The van der Waals surface area contributed by atoms with E-state index in [1.54, 1.807) is 7.11 Å². The van der Waals surface area contributed by atoms with Crippen LogP contribution >= 0.6 is 0 Å². The number of benzene rings is 1. The molecule has 0 unspecified atom stereocenters. The minimum absolute atomic E-state index is 0.445. The monoisotopic (exact) mass is 203 g/mol. The highest BCUT2D eigenvalue weighted by atomic mass is 16.5.